The Morgan fingerprint density at radius 3 is 2.96 bits per heavy atom. The van der Waals surface area contributed by atoms with Gasteiger partial charge < -0.3 is 14.6 Å². The summed E-state index contributed by atoms with van der Waals surface area (Å²) >= 11 is 1.46. The van der Waals surface area contributed by atoms with Crippen molar-refractivity contribution >= 4 is 17.2 Å². The third-order valence-electron chi connectivity index (χ3n) is 4.63. The summed E-state index contributed by atoms with van der Waals surface area (Å²) in [6.45, 7) is 2.52. The fourth-order valence-electron chi connectivity index (χ4n) is 3.43. The maximum absolute atomic E-state index is 12.5. The third kappa shape index (κ3) is 2.56. The van der Waals surface area contributed by atoms with Crippen molar-refractivity contribution < 1.29 is 9.90 Å². The molecule has 0 bridgehead atoms. The Morgan fingerprint density at radius 1 is 1.39 bits per heavy atom. The highest BCUT2D eigenvalue weighted by molar-refractivity contribution is 7.12. The molecular formula is C15H19N5O2S. The molecule has 1 fully saturated rings. The van der Waals surface area contributed by atoms with Gasteiger partial charge in [-0.2, -0.15) is 0 Å². The summed E-state index contributed by atoms with van der Waals surface area (Å²) in [6.07, 6.45) is 0.380. The third-order valence-corrected chi connectivity index (χ3v) is 5.48. The number of aliphatic hydroxyl groups excluding tert-OH is 1. The standard InChI is InChI=1S/C15H19N5O2S/c1-18-8-10(21)7-11(18)14-17-16-13-9-19(4-5-20(13)14)15(22)12-3-2-6-23-12/h2-3,6,10-11,21H,4-5,7-9H2,1H3/t10-,11+/m1/s1. The topological polar surface area (TPSA) is 74.5 Å². The number of carbonyl (C=O) groups is 1. The number of fused-ring (bicyclic) bond motifs is 1. The summed E-state index contributed by atoms with van der Waals surface area (Å²) in [5, 5.41) is 20.4. The summed E-state index contributed by atoms with van der Waals surface area (Å²) < 4.78 is 2.11. The van der Waals surface area contributed by atoms with Gasteiger partial charge >= 0.3 is 0 Å². The minimum atomic E-state index is -0.307. The molecule has 4 heterocycles. The number of aromatic nitrogens is 3. The number of likely N-dealkylation sites (N-methyl/N-ethyl adjacent to an activating group) is 1. The molecule has 1 N–H and O–H groups in total. The van der Waals surface area contributed by atoms with Gasteiger partial charge in [-0.15, -0.1) is 21.5 Å². The van der Waals surface area contributed by atoms with E-state index in [4.69, 9.17) is 0 Å². The smallest absolute Gasteiger partial charge is 0.264 e. The quantitative estimate of drug-likeness (QED) is 0.877. The van der Waals surface area contributed by atoms with Crippen molar-refractivity contribution in [2.45, 2.75) is 31.7 Å². The molecular weight excluding hydrogens is 314 g/mol. The summed E-state index contributed by atoms with van der Waals surface area (Å²) in [5.41, 5.74) is 0. The number of carbonyl (C=O) groups excluding carboxylic acids is 1. The Kier molecular flexibility index (Phi) is 3.67. The molecule has 2 aliphatic rings. The molecule has 2 atom stereocenters. The molecule has 4 rings (SSSR count). The fraction of sp³-hybridized carbons (Fsp3) is 0.533. The number of amides is 1. The van der Waals surface area contributed by atoms with E-state index in [9.17, 15) is 9.90 Å². The SMILES string of the molecule is CN1C[C@H](O)C[C@H]1c1nnc2n1CCN(C(=O)c1cccs1)C2. The molecule has 7 nitrogen and oxygen atoms in total. The maximum atomic E-state index is 12.5. The molecule has 122 valence electrons. The minimum absolute atomic E-state index is 0.0595. The van der Waals surface area contributed by atoms with Gasteiger partial charge in [0.2, 0.25) is 0 Å². The largest absolute Gasteiger partial charge is 0.392 e. The Balaban J connectivity index is 1.55. The second-order valence-corrected chi connectivity index (χ2v) is 7.12. The monoisotopic (exact) mass is 333 g/mol. The van der Waals surface area contributed by atoms with Gasteiger partial charge in [-0.3, -0.25) is 9.69 Å². The number of hydrogen-bond donors (Lipinski definition) is 1. The highest BCUT2D eigenvalue weighted by Crippen LogP contribution is 2.31. The second kappa shape index (κ2) is 5.70. The van der Waals surface area contributed by atoms with Crippen LogP contribution in [-0.4, -0.2) is 61.8 Å². The van der Waals surface area contributed by atoms with Crippen molar-refractivity contribution in [1.82, 2.24) is 24.6 Å². The van der Waals surface area contributed by atoms with E-state index >= 15 is 0 Å². The van der Waals surface area contributed by atoms with Crippen LogP contribution in [0.3, 0.4) is 0 Å². The van der Waals surface area contributed by atoms with Crippen LogP contribution in [0.25, 0.3) is 0 Å². The van der Waals surface area contributed by atoms with Gasteiger partial charge in [-0.05, 0) is 24.9 Å². The fourth-order valence-corrected chi connectivity index (χ4v) is 4.12. The lowest BCUT2D eigenvalue weighted by molar-refractivity contribution is 0.0710. The van der Waals surface area contributed by atoms with E-state index in [2.05, 4.69) is 19.7 Å². The Morgan fingerprint density at radius 2 is 2.26 bits per heavy atom. The van der Waals surface area contributed by atoms with Crippen LogP contribution in [0.4, 0.5) is 0 Å². The van der Waals surface area contributed by atoms with Crippen molar-refractivity contribution in [1.29, 1.82) is 0 Å². The number of rotatable bonds is 2. The van der Waals surface area contributed by atoms with Gasteiger partial charge in [0.25, 0.3) is 5.91 Å². The molecule has 0 spiro atoms. The molecule has 0 aromatic carbocycles. The first-order valence-electron chi connectivity index (χ1n) is 7.76. The van der Waals surface area contributed by atoms with Gasteiger partial charge in [0, 0.05) is 19.6 Å². The molecule has 2 aliphatic heterocycles. The van der Waals surface area contributed by atoms with E-state index in [1.807, 2.05) is 29.5 Å². The predicted octanol–water partition coefficient (Wildman–Crippen LogP) is 0.733. The van der Waals surface area contributed by atoms with E-state index in [1.54, 1.807) is 0 Å². The van der Waals surface area contributed by atoms with Crippen molar-refractivity contribution in [2.75, 3.05) is 20.1 Å². The van der Waals surface area contributed by atoms with Gasteiger partial charge in [-0.25, -0.2) is 0 Å². The highest BCUT2D eigenvalue weighted by atomic mass is 32.1. The van der Waals surface area contributed by atoms with Crippen LogP contribution in [0, 0.1) is 0 Å². The van der Waals surface area contributed by atoms with Crippen LogP contribution in [0.15, 0.2) is 17.5 Å². The Labute approximate surface area is 138 Å². The second-order valence-electron chi connectivity index (χ2n) is 6.17. The summed E-state index contributed by atoms with van der Waals surface area (Å²) in [5.74, 6) is 1.79. The van der Waals surface area contributed by atoms with Crippen LogP contribution in [0.1, 0.15) is 33.8 Å². The minimum Gasteiger partial charge on any atom is -0.392 e. The molecule has 0 aliphatic carbocycles. The van der Waals surface area contributed by atoms with Crippen molar-refractivity contribution in [3.63, 3.8) is 0 Å². The maximum Gasteiger partial charge on any atom is 0.264 e. The van der Waals surface area contributed by atoms with E-state index in [0.29, 0.717) is 32.6 Å². The zero-order chi connectivity index (χ0) is 16.0. The lowest BCUT2D eigenvalue weighted by Gasteiger charge is -2.29. The van der Waals surface area contributed by atoms with Crippen LogP contribution in [0.2, 0.25) is 0 Å². The van der Waals surface area contributed by atoms with Crippen molar-refractivity contribution in [2.24, 2.45) is 0 Å². The first-order chi connectivity index (χ1) is 11.1. The van der Waals surface area contributed by atoms with Gasteiger partial charge in [0.05, 0.1) is 23.6 Å². The highest BCUT2D eigenvalue weighted by Gasteiger charge is 2.35. The summed E-state index contributed by atoms with van der Waals surface area (Å²) in [7, 11) is 2.00. The average Bonchev–Trinajstić information content (AvgIpc) is 3.25. The van der Waals surface area contributed by atoms with Crippen LogP contribution >= 0.6 is 11.3 Å². The molecule has 8 heteroatoms. The van der Waals surface area contributed by atoms with E-state index in [1.165, 1.54) is 11.3 Å². The predicted molar refractivity (Wildman–Crippen MR) is 85.1 cm³/mol. The molecule has 0 saturated carbocycles. The van der Waals surface area contributed by atoms with E-state index in [-0.39, 0.29) is 18.1 Å². The number of aliphatic hydroxyl groups is 1. The molecule has 2 aromatic heterocycles. The molecule has 1 saturated heterocycles. The molecule has 0 unspecified atom stereocenters. The molecule has 0 radical (unpaired) electrons. The molecule has 23 heavy (non-hydrogen) atoms. The van der Waals surface area contributed by atoms with Crippen LogP contribution in [0.5, 0.6) is 0 Å². The van der Waals surface area contributed by atoms with Gasteiger partial charge in [-0.1, -0.05) is 6.07 Å². The van der Waals surface area contributed by atoms with Crippen molar-refractivity contribution in [3.05, 3.63) is 34.0 Å². The Bertz CT molecular complexity index is 714. The number of β-amino-alcohol motifs (C(OH)–C–C–N with tert-alkyl or cyclic N) is 1. The first-order valence-corrected chi connectivity index (χ1v) is 8.64. The van der Waals surface area contributed by atoms with Crippen molar-refractivity contribution in [3.8, 4) is 0 Å². The lowest BCUT2D eigenvalue weighted by Crippen LogP contribution is -2.39. The lowest BCUT2D eigenvalue weighted by atomic mass is 10.2. The average molecular weight is 333 g/mol. The number of likely N-dealkylation sites (tertiary alicyclic amines) is 1. The normalized spacial score (nSPS) is 24.9. The number of hydrogen-bond acceptors (Lipinski definition) is 6. The van der Waals surface area contributed by atoms with Crippen LogP contribution < -0.4 is 0 Å². The van der Waals surface area contributed by atoms with Gasteiger partial charge in [0.15, 0.2) is 11.6 Å². The van der Waals surface area contributed by atoms with E-state index < -0.39 is 0 Å². The zero-order valence-corrected chi connectivity index (χ0v) is 13.7. The summed E-state index contributed by atoms with van der Waals surface area (Å²) in [4.78, 5) is 17.2. The first kappa shape index (κ1) is 14.8. The van der Waals surface area contributed by atoms with Gasteiger partial charge in [0.1, 0.15) is 0 Å². The zero-order valence-electron chi connectivity index (χ0n) is 12.9. The molecule has 2 aromatic rings. The van der Waals surface area contributed by atoms with E-state index in [0.717, 1.165) is 16.5 Å². The Hall–Kier alpha value is -1.77. The molecule has 1 amide bonds. The van der Waals surface area contributed by atoms with Crippen LogP contribution in [-0.2, 0) is 13.1 Å². The summed E-state index contributed by atoms with van der Waals surface area (Å²) in [6, 6.07) is 3.85. The number of nitrogens with zero attached hydrogens (tertiary/aromatic N) is 5. The number of thiophene rings is 1.